The number of nitrogens with one attached hydrogen (secondary N) is 2. The molecule has 1 aromatic heterocycles. The SMILES string of the molecule is Cc1ccc(-n2c(C)cc(/C=N\NC(=O)C(=O)Nc3cccc4ccccc34)c2C)cc1C. The molecule has 0 spiro atoms. The van der Waals surface area contributed by atoms with Gasteiger partial charge in [-0.25, -0.2) is 5.43 Å². The molecular weight excluding hydrogens is 412 g/mol. The molecule has 2 N–H and O–H groups in total. The Labute approximate surface area is 192 Å². The first kappa shape index (κ1) is 22.0. The number of hydrazone groups is 1. The lowest BCUT2D eigenvalue weighted by atomic mass is 10.1. The van der Waals surface area contributed by atoms with Crippen molar-refractivity contribution in [3.05, 3.63) is 94.8 Å². The highest BCUT2D eigenvalue weighted by Crippen LogP contribution is 2.23. The number of carbonyl (C=O) groups is 2. The van der Waals surface area contributed by atoms with Crippen LogP contribution in [0.25, 0.3) is 16.5 Å². The molecule has 33 heavy (non-hydrogen) atoms. The van der Waals surface area contributed by atoms with Gasteiger partial charge >= 0.3 is 11.8 Å². The van der Waals surface area contributed by atoms with Crippen LogP contribution in [0.3, 0.4) is 0 Å². The number of benzene rings is 3. The molecule has 0 bridgehead atoms. The highest BCUT2D eigenvalue weighted by atomic mass is 16.2. The Morgan fingerprint density at radius 2 is 1.61 bits per heavy atom. The third-order valence-electron chi connectivity index (χ3n) is 5.83. The fraction of sp³-hybridized carbons (Fsp3) is 0.148. The fourth-order valence-electron chi connectivity index (χ4n) is 3.91. The monoisotopic (exact) mass is 438 g/mol. The Morgan fingerprint density at radius 3 is 2.39 bits per heavy atom. The molecule has 0 aliphatic rings. The topological polar surface area (TPSA) is 75.5 Å². The van der Waals surface area contributed by atoms with Gasteiger partial charge in [0.1, 0.15) is 0 Å². The maximum Gasteiger partial charge on any atom is 0.329 e. The minimum absolute atomic E-state index is 0.578. The number of hydrogen-bond donors (Lipinski definition) is 2. The summed E-state index contributed by atoms with van der Waals surface area (Å²) in [6.45, 7) is 8.20. The van der Waals surface area contributed by atoms with Gasteiger partial charge in [0.15, 0.2) is 0 Å². The maximum absolute atomic E-state index is 12.4. The summed E-state index contributed by atoms with van der Waals surface area (Å²) < 4.78 is 2.14. The second-order valence-corrected chi connectivity index (χ2v) is 8.11. The van der Waals surface area contributed by atoms with E-state index in [1.807, 2.05) is 56.3 Å². The Kier molecular flexibility index (Phi) is 6.09. The summed E-state index contributed by atoms with van der Waals surface area (Å²) in [4.78, 5) is 24.6. The van der Waals surface area contributed by atoms with Crippen LogP contribution in [0, 0.1) is 27.7 Å². The van der Waals surface area contributed by atoms with Crippen molar-refractivity contribution in [3.63, 3.8) is 0 Å². The van der Waals surface area contributed by atoms with Crippen molar-refractivity contribution in [3.8, 4) is 5.69 Å². The van der Waals surface area contributed by atoms with Gasteiger partial charge in [0.25, 0.3) is 0 Å². The van der Waals surface area contributed by atoms with Crippen LogP contribution in [-0.2, 0) is 9.59 Å². The van der Waals surface area contributed by atoms with Crippen LogP contribution in [-0.4, -0.2) is 22.6 Å². The second-order valence-electron chi connectivity index (χ2n) is 8.11. The zero-order chi connectivity index (χ0) is 23.5. The van der Waals surface area contributed by atoms with E-state index in [4.69, 9.17) is 0 Å². The largest absolute Gasteiger partial charge is 0.329 e. The normalized spacial score (nSPS) is 11.2. The van der Waals surface area contributed by atoms with Gasteiger partial charge in [0, 0.05) is 33.7 Å². The first-order valence-corrected chi connectivity index (χ1v) is 10.7. The van der Waals surface area contributed by atoms with E-state index < -0.39 is 11.8 Å². The Balaban J connectivity index is 1.46. The molecule has 0 atom stereocenters. The molecular formula is C27H26N4O2. The highest BCUT2D eigenvalue weighted by Gasteiger charge is 2.15. The number of rotatable bonds is 4. The maximum atomic E-state index is 12.4. The molecule has 3 aromatic carbocycles. The standard InChI is InChI=1S/C27H26N4O2/c1-17-12-13-23(14-18(17)2)31-19(3)15-22(20(31)4)16-28-30-27(33)26(32)29-25-11-7-9-21-8-5-6-10-24(21)25/h5-16H,1-4H3,(H,29,32)(H,30,33)/b28-16-. The molecule has 6 nitrogen and oxygen atoms in total. The average molecular weight is 439 g/mol. The number of carbonyl (C=O) groups excluding carboxylic acids is 2. The number of amides is 2. The minimum atomic E-state index is -0.831. The van der Waals surface area contributed by atoms with E-state index >= 15 is 0 Å². The van der Waals surface area contributed by atoms with E-state index in [0.29, 0.717) is 5.69 Å². The molecule has 166 valence electrons. The van der Waals surface area contributed by atoms with Gasteiger partial charge in [0.05, 0.1) is 6.21 Å². The number of anilines is 1. The van der Waals surface area contributed by atoms with Gasteiger partial charge < -0.3 is 9.88 Å². The number of aryl methyl sites for hydroxylation is 3. The number of hydrogen-bond acceptors (Lipinski definition) is 3. The van der Waals surface area contributed by atoms with Gasteiger partial charge in [-0.15, -0.1) is 0 Å². The summed E-state index contributed by atoms with van der Waals surface area (Å²) in [5, 5.41) is 8.51. The summed E-state index contributed by atoms with van der Waals surface area (Å²) in [6, 6.07) is 21.5. The van der Waals surface area contributed by atoms with Gasteiger partial charge in [-0.2, -0.15) is 5.10 Å². The van der Waals surface area contributed by atoms with Crippen molar-refractivity contribution < 1.29 is 9.59 Å². The first-order valence-electron chi connectivity index (χ1n) is 10.7. The predicted molar refractivity (Wildman–Crippen MR) is 133 cm³/mol. The zero-order valence-corrected chi connectivity index (χ0v) is 19.1. The molecule has 6 heteroatoms. The third kappa shape index (κ3) is 4.55. The van der Waals surface area contributed by atoms with Gasteiger partial charge in [-0.05, 0) is 68.5 Å². The van der Waals surface area contributed by atoms with E-state index in [2.05, 4.69) is 52.5 Å². The first-order chi connectivity index (χ1) is 15.8. The van der Waals surface area contributed by atoms with Crippen molar-refractivity contribution >= 4 is 34.5 Å². The van der Waals surface area contributed by atoms with E-state index in [1.54, 1.807) is 12.3 Å². The van der Waals surface area contributed by atoms with Crippen molar-refractivity contribution in [2.75, 3.05) is 5.32 Å². The molecule has 4 rings (SSSR count). The van der Waals surface area contributed by atoms with Crippen molar-refractivity contribution in [2.45, 2.75) is 27.7 Å². The van der Waals surface area contributed by atoms with Gasteiger partial charge in [-0.1, -0.05) is 42.5 Å². The summed E-state index contributed by atoms with van der Waals surface area (Å²) >= 11 is 0. The lowest BCUT2D eigenvalue weighted by molar-refractivity contribution is -0.136. The zero-order valence-electron chi connectivity index (χ0n) is 19.1. The van der Waals surface area contributed by atoms with E-state index in [1.165, 1.54) is 11.1 Å². The molecule has 0 saturated heterocycles. The summed E-state index contributed by atoms with van der Waals surface area (Å²) in [5.74, 6) is -1.61. The average Bonchev–Trinajstić information content (AvgIpc) is 3.08. The van der Waals surface area contributed by atoms with Crippen LogP contribution in [0.1, 0.15) is 28.1 Å². The van der Waals surface area contributed by atoms with Crippen LogP contribution in [0.15, 0.2) is 71.8 Å². The van der Waals surface area contributed by atoms with Gasteiger partial charge in [0.2, 0.25) is 0 Å². The fourth-order valence-corrected chi connectivity index (χ4v) is 3.91. The van der Waals surface area contributed by atoms with E-state index in [0.717, 1.165) is 33.4 Å². The Bertz CT molecular complexity index is 1390. The summed E-state index contributed by atoms with van der Waals surface area (Å²) in [6.07, 6.45) is 1.56. The van der Waals surface area contributed by atoms with Crippen molar-refractivity contribution in [1.29, 1.82) is 0 Å². The molecule has 2 amide bonds. The molecule has 1 heterocycles. The predicted octanol–water partition coefficient (Wildman–Crippen LogP) is 4.95. The lowest BCUT2D eigenvalue weighted by Crippen LogP contribution is -2.32. The highest BCUT2D eigenvalue weighted by molar-refractivity contribution is 6.40. The summed E-state index contributed by atoms with van der Waals surface area (Å²) in [7, 11) is 0. The smallest absolute Gasteiger partial charge is 0.318 e. The molecule has 0 aliphatic heterocycles. The molecule has 0 aliphatic carbocycles. The van der Waals surface area contributed by atoms with Crippen LogP contribution >= 0.6 is 0 Å². The van der Waals surface area contributed by atoms with Crippen LogP contribution in [0.2, 0.25) is 0 Å². The quantitative estimate of drug-likeness (QED) is 0.269. The Hall–Kier alpha value is -4.19. The van der Waals surface area contributed by atoms with Crippen molar-refractivity contribution in [1.82, 2.24) is 9.99 Å². The van der Waals surface area contributed by atoms with Gasteiger partial charge in [-0.3, -0.25) is 9.59 Å². The van der Waals surface area contributed by atoms with E-state index in [9.17, 15) is 9.59 Å². The van der Waals surface area contributed by atoms with Crippen molar-refractivity contribution in [2.24, 2.45) is 5.10 Å². The minimum Gasteiger partial charge on any atom is -0.318 e. The Morgan fingerprint density at radius 1 is 0.848 bits per heavy atom. The lowest BCUT2D eigenvalue weighted by Gasteiger charge is -2.11. The molecule has 0 saturated carbocycles. The van der Waals surface area contributed by atoms with Crippen LogP contribution < -0.4 is 10.7 Å². The summed E-state index contributed by atoms with van der Waals surface area (Å²) in [5.41, 5.74) is 9.35. The molecule has 0 fully saturated rings. The second kappa shape index (κ2) is 9.12. The molecule has 0 unspecified atom stereocenters. The number of aromatic nitrogens is 1. The van der Waals surface area contributed by atoms with Crippen LogP contribution in [0.4, 0.5) is 5.69 Å². The third-order valence-corrected chi connectivity index (χ3v) is 5.83. The molecule has 0 radical (unpaired) electrons. The number of nitrogens with zero attached hydrogens (tertiary/aromatic N) is 2. The number of fused-ring (bicyclic) bond motifs is 1. The van der Waals surface area contributed by atoms with E-state index in [-0.39, 0.29) is 0 Å². The molecule has 4 aromatic rings. The van der Waals surface area contributed by atoms with Crippen LogP contribution in [0.5, 0.6) is 0 Å².